The number of carbonyl (C=O) groups excluding carboxylic acids is 6. The highest BCUT2D eigenvalue weighted by atomic mass is 16.2. The van der Waals surface area contributed by atoms with E-state index in [4.69, 9.17) is 5.73 Å². The molecule has 11 heteroatoms. The Morgan fingerprint density at radius 3 is 2.05 bits per heavy atom. The number of likely N-dealkylation sites (tertiary alicyclic amines) is 1. The summed E-state index contributed by atoms with van der Waals surface area (Å²) in [5.41, 5.74) is 5.16. The van der Waals surface area contributed by atoms with Gasteiger partial charge < -0.3 is 26.6 Å². The molecule has 5 N–H and O–H groups in total. The molecule has 2 aliphatic rings. The Hall–Kier alpha value is -3.24. The molecule has 40 heavy (non-hydrogen) atoms. The molecule has 5 amide bonds. The second-order valence-electron chi connectivity index (χ2n) is 12.9. The molecular weight excluding hydrogens is 514 g/mol. The number of rotatable bonds is 13. The van der Waals surface area contributed by atoms with Crippen molar-refractivity contribution in [1.82, 2.24) is 20.9 Å². The van der Waals surface area contributed by atoms with Crippen molar-refractivity contribution in [2.24, 2.45) is 34.8 Å². The van der Waals surface area contributed by atoms with E-state index in [0.29, 0.717) is 6.42 Å². The molecule has 1 aliphatic carbocycles. The SMILES string of the molecule is C=C(C(C)C)[C@@H]1C[C@@H](C(=O)NCC(=O)C(N)=O)N(C(=O)[C@@H](NC(=O)N[C@H](CC(=O)C2CC2)C(C)C)C(C)(C)C)C1. The summed E-state index contributed by atoms with van der Waals surface area (Å²) in [5.74, 6) is -2.95. The molecule has 1 heterocycles. The number of nitrogens with two attached hydrogens (primary N) is 1. The summed E-state index contributed by atoms with van der Waals surface area (Å²) in [6.45, 7) is 17.1. The Bertz CT molecular complexity index is 1030. The van der Waals surface area contributed by atoms with E-state index in [0.717, 1.165) is 18.4 Å². The zero-order valence-electron chi connectivity index (χ0n) is 25.0. The van der Waals surface area contributed by atoms with E-state index in [9.17, 15) is 28.8 Å². The number of carbonyl (C=O) groups is 6. The van der Waals surface area contributed by atoms with Crippen molar-refractivity contribution in [2.75, 3.05) is 13.1 Å². The topological polar surface area (TPSA) is 168 Å². The number of amides is 5. The summed E-state index contributed by atoms with van der Waals surface area (Å²) >= 11 is 0. The van der Waals surface area contributed by atoms with Crippen LogP contribution in [0.1, 0.15) is 74.1 Å². The van der Waals surface area contributed by atoms with Gasteiger partial charge in [0.15, 0.2) is 0 Å². The number of primary amides is 1. The van der Waals surface area contributed by atoms with Crippen molar-refractivity contribution in [2.45, 2.75) is 92.3 Å². The normalized spacial score (nSPS) is 20.6. The van der Waals surface area contributed by atoms with Crippen LogP contribution < -0.4 is 21.7 Å². The van der Waals surface area contributed by atoms with Crippen LogP contribution in [0.2, 0.25) is 0 Å². The van der Waals surface area contributed by atoms with Gasteiger partial charge in [0, 0.05) is 24.9 Å². The predicted molar refractivity (Wildman–Crippen MR) is 151 cm³/mol. The third kappa shape index (κ3) is 8.89. The first-order valence-electron chi connectivity index (χ1n) is 14.1. The minimum absolute atomic E-state index is 0.00909. The van der Waals surface area contributed by atoms with E-state index >= 15 is 0 Å². The molecule has 0 unspecified atom stereocenters. The van der Waals surface area contributed by atoms with E-state index < -0.39 is 53.6 Å². The fourth-order valence-corrected chi connectivity index (χ4v) is 4.84. The highest BCUT2D eigenvalue weighted by Gasteiger charge is 2.46. The van der Waals surface area contributed by atoms with Crippen LogP contribution in [0.3, 0.4) is 0 Å². The minimum atomic E-state index is -1.16. The molecule has 0 bridgehead atoms. The number of ketones is 2. The summed E-state index contributed by atoms with van der Waals surface area (Å²) in [7, 11) is 0. The van der Waals surface area contributed by atoms with E-state index in [2.05, 4.69) is 22.5 Å². The predicted octanol–water partition coefficient (Wildman–Crippen LogP) is 1.69. The van der Waals surface area contributed by atoms with Crippen molar-refractivity contribution in [3.05, 3.63) is 12.2 Å². The summed E-state index contributed by atoms with van der Waals surface area (Å²) in [4.78, 5) is 76.9. The first kappa shape index (κ1) is 33.0. The van der Waals surface area contributed by atoms with Gasteiger partial charge in [0.05, 0.1) is 6.54 Å². The number of nitrogens with one attached hydrogen (secondary N) is 3. The fraction of sp³-hybridized carbons (Fsp3) is 0.724. The lowest BCUT2D eigenvalue weighted by Gasteiger charge is -2.36. The smallest absolute Gasteiger partial charge is 0.315 e. The Labute approximate surface area is 237 Å². The Morgan fingerprint density at radius 1 is 0.975 bits per heavy atom. The number of hydrogen-bond acceptors (Lipinski definition) is 6. The molecule has 1 saturated heterocycles. The molecule has 2 fully saturated rings. The van der Waals surface area contributed by atoms with Crippen molar-refractivity contribution in [3.8, 4) is 0 Å². The van der Waals surface area contributed by atoms with Gasteiger partial charge >= 0.3 is 6.03 Å². The summed E-state index contributed by atoms with van der Waals surface area (Å²) in [5, 5.41) is 8.11. The highest BCUT2D eigenvalue weighted by Crippen LogP contribution is 2.34. The lowest BCUT2D eigenvalue weighted by molar-refractivity contribution is -0.142. The first-order valence-corrected chi connectivity index (χ1v) is 14.1. The highest BCUT2D eigenvalue weighted by molar-refractivity contribution is 6.36. The maximum atomic E-state index is 14.0. The second kappa shape index (κ2) is 13.4. The Balaban J connectivity index is 2.24. The van der Waals surface area contributed by atoms with Crippen LogP contribution in [0.4, 0.5) is 4.79 Å². The molecule has 1 saturated carbocycles. The van der Waals surface area contributed by atoms with Gasteiger partial charge in [0.2, 0.25) is 17.6 Å². The molecule has 0 aromatic rings. The van der Waals surface area contributed by atoms with Gasteiger partial charge in [-0.25, -0.2) is 4.79 Å². The molecule has 11 nitrogen and oxygen atoms in total. The van der Waals surface area contributed by atoms with Crippen LogP contribution in [-0.2, 0) is 24.0 Å². The van der Waals surface area contributed by atoms with Crippen LogP contribution in [0, 0.1) is 29.1 Å². The second-order valence-corrected chi connectivity index (χ2v) is 12.9. The van der Waals surface area contributed by atoms with Crippen LogP contribution in [0.5, 0.6) is 0 Å². The minimum Gasteiger partial charge on any atom is -0.363 e. The van der Waals surface area contributed by atoms with E-state index in [1.54, 1.807) is 0 Å². The van der Waals surface area contributed by atoms with Gasteiger partial charge in [-0.3, -0.25) is 24.0 Å². The zero-order chi connectivity index (χ0) is 30.5. The van der Waals surface area contributed by atoms with Gasteiger partial charge in [-0.2, -0.15) is 0 Å². The molecule has 0 aromatic carbocycles. The maximum Gasteiger partial charge on any atom is 0.315 e. The third-order valence-electron chi connectivity index (χ3n) is 7.81. The van der Waals surface area contributed by atoms with Crippen LogP contribution in [-0.4, -0.2) is 71.4 Å². The molecule has 0 aromatic heterocycles. The van der Waals surface area contributed by atoms with Gasteiger partial charge in [0.25, 0.3) is 5.91 Å². The standard InChI is InChI=1S/C29H47N5O6/c1-15(2)17(5)19-11-21(26(38)31-13-23(36)25(30)37)34(14-19)27(39)24(29(6,7)8)33-28(40)32-20(16(3)4)12-22(35)18-9-10-18/h15-16,18-21,24H,5,9-14H2,1-4,6-8H3,(H2,30,37)(H,31,38)(H2,32,33,40)/t19-,20-,21+,24-/m1/s1. The van der Waals surface area contributed by atoms with Gasteiger partial charge in [-0.1, -0.05) is 60.6 Å². The summed E-state index contributed by atoms with van der Waals surface area (Å²) in [6.07, 6.45) is 2.31. The Morgan fingerprint density at radius 2 is 1.57 bits per heavy atom. The number of hydrogen-bond donors (Lipinski definition) is 4. The first-order chi connectivity index (χ1) is 18.4. The average molecular weight is 562 g/mol. The molecule has 224 valence electrons. The van der Waals surface area contributed by atoms with Gasteiger partial charge in [0.1, 0.15) is 17.9 Å². The van der Waals surface area contributed by atoms with Crippen molar-refractivity contribution in [3.63, 3.8) is 0 Å². The number of nitrogens with zero attached hydrogens (tertiary/aromatic N) is 1. The maximum absolute atomic E-state index is 14.0. The number of urea groups is 1. The van der Waals surface area contributed by atoms with Crippen LogP contribution in [0.25, 0.3) is 0 Å². The fourth-order valence-electron chi connectivity index (χ4n) is 4.84. The van der Waals surface area contributed by atoms with Crippen molar-refractivity contribution in [1.29, 1.82) is 0 Å². The lowest BCUT2D eigenvalue weighted by Crippen LogP contribution is -2.60. The van der Waals surface area contributed by atoms with Crippen LogP contribution in [0.15, 0.2) is 12.2 Å². The summed E-state index contributed by atoms with van der Waals surface area (Å²) < 4.78 is 0. The Kier molecular flexibility index (Phi) is 11.1. The van der Waals surface area contributed by atoms with Crippen LogP contribution >= 0.6 is 0 Å². The number of Topliss-reactive ketones (excluding diaryl/α,β-unsaturated/α-hetero) is 2. The molecule has 4 atom stereocenters. The monoisotopic (exact) mass is 561 g/mol. The summed E-state index contributed by atoms with van der Waals surface area (Å²) in [6, 6.07) is -2.86. The van der Waals surface area contributed by atoms with E-state index in [1.807, 2.05) is 48.5 Å². The molecule has 1 aliphatic heterocycles. The molecule has 0 spiro atoms. The average Bonchev–Trinajstić information content (AvgIpc) is 3.61. The molecule has 2 rings (SSSR count). The van der Waals surface area contributed by atoms with Gasteiger partial charge in [-0.15, -0.1) is 0 Å². The van der Waals surface area contributed by atoms with E-state index in [1.165, 1.54) is 4.90 Å². The lowest BCUT2D eigenvalue weighted by atomic mass is 9.85. The van der Waals surface area contributed by atoms with E-state index in [-0.39, 0.29) is 48.5 Å². The molecule has 0 radical (unpaired) electrons. The van der Waals surface area contributed by atoms with Gasteiger partial charge in [-0.05, 0) is 42.4 Å². The molecular formula is C29H47N5O6. The third-order valence-corrected chi connectivity index (χ3v) is 7.81. The zero-order valence-corrected chi connectivity index (χ0v) is 25.0. The van der Waals surface area contributed by atoms with Crippen molar-refractivity contribution < 1.29 is 28.8 Å². The van der Waals surface area contributed by atoms with Crippen molar-refractivity contribution >= 4 is 35.3 Å². The largest absolute Gasteiger partial charge is 0.363 e. The quantitative estimate of drug-likeness (QED) is 0.197.